The molecule has 1 N–H and O–H groups in total. The van der Waals surface area contributed by atoms with Crippen molar-refractivity contribution in [1.29, 1.82) is 0 Å². The third-order valence-corrected chi connectivity index (χ3v) is 6.80. The minimum atomic E-state index is -0.771. The summed E-state index contributed by atoms with van der Waals surface area (Å²) in [6.45, 7) is 10.7. The number of hydrogen-bond donors (Lipinski definition) is 1. The van der Waals surface area contributed by atoms with E-state index in [1.165, 1.54) is 19.4 Å². The van der Waals surface area contributed by atoms with Crippen molar-refractivity contribution >= 4 is 5.97 Å². The molecule has 4 heterocycles. The topological polar surface area (TPSA) is 69.0 Å². The van der Waals surface area contributed by atoms with E-state index in [-0.39, 0.29) is 18.0 Å². The highest BCUT2D eigenvalue weighted by Crippen LogP contribution is 2.35. The second-order valence-electron chi connectivity index (χ2n) is 9.06. The fourth-order valence-electron chi connectivity index (χ4n) is 5.32. The molecule has 4 rings (SSSR count). The molecule has 0 unspecified atom stereocenters. The van der Waals surface area contributed by atoms with Gasteiger partial charge in [0, 0.05) is 69.5 Å². The second-order valence-corrected chi connectivity index (χ2v) is 9.06. The van der Waals surface area contributed by atoms with Gasteiger partial charge in [-0.15, -0.1) is 0 Å². The van der Waals surface area contributed by atoms with Crippen molar-refractivity contribution in [1.82, 2.24) is 19.3 Å². The first-order valence-corrected chi connectivity index (χ1v) is 11.1. The summed E-state index contributed by atoms with van der Waals surface area (Å²) in [6, 6.07) is 4.15. The van der Waals surface area contributed by atoms with Crippen molar-refractivity contribution < 1.29 is 9.90 Å². The SMILES string of the molecule is CCCCN1CCN(Cc2ccc3n(c2=O)C[C@H]2C[C@@H]3CN(CC(=O)O)C2)CC1. The van der Waals surface area contributed by atoms with Crippen LogP contribution in [-0.4, -0.2) is 82.7 Å². The smallest absolute Gasteiger partial charge is 0.317 e. The van der Waals surface area contributed by atoms with E-state index in [2.05, 4.69) is 22.8 Å². The van der Waals surface area contributed by atoms with Gasteiger partial charge in [-0.25, -0.2) is 0 Å². The van der Waals surface area contributed by atoms with Crippen LogP contribution in [0.25, 0.3) is 0 Å². The molecule has 0 aliphatic carbocycles. The number of carboxylic acids is 1. The van der Waals surface area contributed by atoms with Crippen LogP contribution in [0.5, 0.6) is 0 Å². The average molecular weight is 403 g/mol. The zero-order valence-corrected chi connectivity index (χ0v) is 17.6. The molecule has 1 aromatic rings. The maximum absolute atomic E-state index is 13.2. The third-order valence-electron chi connectivity index (χ3n) is 6.80. The van der Waals surface area contributed by atoms with Gasteiger partial charge in [0.05, 0.1) is 6.54 Å². The van der Waals surface area contributed by atoms with Crippen LogP contribution in [0.1, 0.15) is 43.4 Å². The van der Waals surface area contributed by atoms with E-state index in [4.69, 9.17) is 5.11 Å². The monoisotopic (exact) mass is 402 g/mol. The number of piperazine rings is 1. The van der Waals surface area contributed by atoms with E-state index >= 15 is 0 Å². The molecule has 3 aliphatic heterocycles. The number of aliphatic carboxylic acids is 1. The van der Waals surface area contributed by atoms with Crippen molar-refractivity contribution in [2.45, 2.75) is 45.2 Å². The Labute approximate surface area is 172 Å². The molecule has 29 heavy (non-hydrogen) atoms. The molecule has 2 fully saturated rings. The summed E-state index contributed by atoms with van der Waals surface area (Å²) in [5.74, 6) is -0.131. The lowest BCUT2D eigenvalue weighted by atomic mass is 9.83. The summed E-state index contributed by atoms with van der Waals surface area (Å²) >= 11 is 0. The van der Waals surface area contributed by atoms with Gasteiger partial charge in [0.1, 0.15) is 0 Å². The molecule has 3 aliphatic rings. The van der Waals surface area contributed by atoms with Crippen molar-refractivity contribution in [3.05, 3.63) is 33.7 Å². The predicted molar refractivity (Wildman–Crippen MR) is 112 cm³/mol. The number of hydrogen-bond acceptors (Lipinski definition) is 5. The normalized spacial score (nSPS) is 25.7. The van der Waals surface area contributed by atoms with Gasteiger partial charge in [-0.05, 0) is 31.4 Å². The number of pyridine rings is 1. The van der Waals surface area contributed by atoms with Crippen LogP contribution in [0.2, 0.25) is 0 Å². The molecule has 2 bridgehead atoms. The molecule has 0 spiro atoms. The Bertz CT molecular complexity index is 785. The van der Waals surface area contributed by atoms with Gasteiger partial charge >= 0.3 is 5.97 Å². The number of aromatic nitrogens is 1. The number of piperidine rings is 1. The Kier molecular flexibility index (Phi) is 6.37. The number of carbonyl (C=O) groups is 1. The Morgan fingerprint density at radius 2 is 1.83 bits per heavy atom. The minimum Gasteiger partial charge on any atom is -0.480 e. The number of likely N-dealkylation sites (tertiary alicyclic amines) is 1. The highest BCUT2D eigenvalue weighted by atomic mass is 16.4. The van der Waals surface area contributed by atoms with E-state index in [9.17, 15) is 9.59 Å². The second kappa shape index (κ2) is 8.98. The summed E-state index contributed by atoms with van der Waals surface area (Å²) in [6.07, 6.45) is 3.56. The fraction of sp³-hybridized carbons (Fsp3) is 0.727. The van der Waals surface area contributed by atoms with Crippen LogP contribution >= 0.6 is 0 Å². The Morgan fingerprint density at radius 3 is 2.55 bits per heavy atom. The first kappa shape index (κ1) is 20.6. The van der Waals surface area contributed by atoms with Crippen molar-refractivity contribution in [3.63, 3.8) is 0 Å². The standard InChI is InChI=1S/C22H34N4O3/c1-2-3-6-23-7-9-24(10-8-23)14-18-4-5-20-19-11-17(13-26(20)22(18)29)12-25(15-19)16-21(27)28/h4-5,17,19H,2-3,6-16H2,1H3,(H,27,28)/t17-,19+/m0/s1. The number of nitrogens with zero attached hydrogens (tertiary/aromatic N) is 4. The van der Waals surface area contributed by atoms with Crippen molar-refractivity contribution in [2.75, 3.05) is 52.4 Å². The molecule has 0 aromatic carbocycles. The highest BCUT2D eigenvalue weighted by molar-refractivity contribution is 5.69. The lowest BCUT2D eigenvalue weighted by molar-refractivity contribution is -0.139. The summed E-state index contributed by atoms with van der Waals surface area (Å²) < 4.78 is 1.99. The fourth-order valence-corrected chi connectivity index (χ4v) is 5.32. The van der Waals surface area contributed by atoms with Crippen LogP contribution in [-0.2, 0) is 17.9 Å². The van der Waals surface area contributed by atoms with Gasteiger partial charge in [-0.1, -0.05) is 19.4 Å². The quantitative estimate of drug-likeness (QED) is 0.741. The Morgan fingerprint density at radius 1 is 1.07 bits per heavy atom. The van der Waals surface area contributed by atoms with E-state index in [0.717, 1.165) is 70.0 Å². The number of unbranched alkanes of at least 4 members (excludes halogenated alkanes) is 1. The van der Waals surface area contributed by atoms with E-state index in [0.29, 0.717) is 5.92 Å². The molecule has 1 aromatic heterocycles. The number of rotatable bonds is 7. The van der Waals surface area contributed by atoms with Gasteiger partial charge in [-0.2, -0.15) is 0 Å². The molecule has 7 nitrogen and oxygen atoms in total. The van der Waals surface area contributed by atoms with Gasteiger partial charge in [-0.3, -0.25) is 19.4 Å². The molecule has 2 atom stereocenters. The van der Waals surface area contributed by atoms with Crippen LogP contribution in [0.3, 0.4) is 0 Å². The summed E-state index contributed by atoms with van der Waals surface area (Å²) in [5.41, 5.74) is 2.16. The van der Waals surface area contributed by atoms with Crippen molar-refractivity contribution in [3.8, 4) is 0 Å². The molecular formula is C22H34N4O3. The maximum Gasteiger partial charge on any atom is 0.317 e. The lowest BCUT2D eigenvalue weighted by Gasteiger charge is -2.42. The Balaban J connectivity index is 1.42. The maximum atomic E-state index is 13.2. The lowest BCUT2D eigenvalue weighted by Crippen LogP contribution is -2.49. The number of fused-ring (bicyclic) bond motifs is 4. The van der Waals surface area contributed by atoms with Gasteiger partial charge < -0.3 is 14.6 Å². The average Bonchev–Trinajstić information content (AvgIpc) is 2.69. The van der Waals surface area contributed by atoms with Gasteiger partial charge in [0.15, 0.2) is 0 Å². The molecule has 7 heteroatoms. The third kappa shape index (κ3) is 4.73. The van der Waals surface area contributed by atoms with Crippen LogP contribution < -0.4 is 5.56 Å². The molecule has 160 valence electrons. The first-order valence-electron chi connectivity index (χ1n) is 11.1. The molecular weight excluding hydrogens is 368 g/mol. The predicted octanol–water partition coefficient (Wildman–Crippen LogP) is 1.27. The van der Waals surface area contributed by atoms with E-state index in [1.54, 1.807) is 0 Å². The summed E-state index contributed by atoms with van der Waals surface area (Å²) in [7, 11) is 0. The largest absolute Gasteiger partial charge is 0.480 e. The van der Waals surface area contributed by atoms with Crippen LogP contribution in [0, 0.1) is 5.92 Å². The van der Waals surface area contributed by atoms with Crippen LogP contribution in [0.4, 0.5) is 0 Å². The number of carboxylic acid groups (broad SMARTS) is 1. The van der Waals surface area contributed by atoms with Crippen molar-refractivity contribution in [2.24, 2.45) is 5.92 Å². The molecule has 0 saturated carbocycles. The zero-order chi connectivity index (χ0) is 20.4. The van der Waals surface area contributed by atoms with Crippen LogP contribution in [0.15, 0.2) is 16.9 Å². The minimum absolute atomic E-state index is 0.0968. The van der Waals surface area contributed by atoms with Gasteiger partial charge in [0.25, 0.3) is 5.56 Å². The molecule has 2 saturated heterocycles. The van der Waals surface area contributed by atoms with Gasteiger partial charge in [0.2, 0.25) is 0 Å². The summed E-state index contributed by atoms with van der Waals surface area (Å²) in [4.78, 5) is 31.3. The molecule has 0 radical (unpaired) electrons. The first-order chi connectivity index (χ1) is 14.0. The highest BCUT2D eigenvalue weighted by Gasteiger charge is 2.35. The van der Waals surface area contributed by atoms with E-state index in [1.807, 2.05) is 15.5 Å². The molecule has 0 amide bonds. The Hall–Kier alpha value is -1.70. The summed E-state index contributed by atoms with van der Waals surface area (Å²) in [5, 5.41) is 9.11. The van der Waals surface area contributed by atoms with E-state index < -0.39 is 5.97 Å². The zero-order valence-electron chi connectivity index (χ0n) is 17.6.